The van der Waals surface area contributed by atoms with Crippen molar-refractivity contribution in [2.75, 3.05) is 5.73 Å². The molecule has 8 nitrogen and oxygen atoms in total. The quantitative estimate of drug-likeness (QED) is 0.547. The van der Waals surface area contributed by atoms with E-state index in [4.69, 9.17) is 14.9 Å². The highest BCUT2D eigenvalue weighted by Crippen LogP contribution is 2.44. The van der Waals surface area contributed by atoms with E-state index < -0.39 is 38.0 Å². The molecule has 0 radical (unpaired) electrons. The van der Waals surface area contributed by atoms with Gasteiger partial charge in [0.2, 0.25) is 13.9 Å². The van der Waals surface area contributed by atoms with Gasteiger partial charge in [0, 0.05) is 6.20 Å². The summed E-state index contributed by atoms with van der Waals surface area (Å²) in [4.78, 5) is 15.6. The van der Waals surface area contributed by atoms with Gasteiger partial charge in [-0.05, 0) is 31.3 Å². The third kappa shape index (κ3) is 3.65. The van der Waals surface area contributed by atoms with Crippen LogP contribution in [-0.4, -0.2) is 40.8 Å². The SMILES string of the molecule is C[C@@H](O[C@@H]1[C@H](O[Si](C)(C)c2ccccc2)[C@]1(O)C#N)n1ccc(N)nc1=O. The van der Waals surface area contributed by atoms with Gasteiger partial charge < -0.3 is 20.0 Å². The maximum absolute atomic E-state index is 11.9. The Kier molecular flexibility index (Phi) is 4.92. The summed E-state index contributed by atoms with van der Waals surface area (Å²) < 4.78 is 13.2. The van der Waals surface area contributed by atoms with Crippen molar-refractivity contribution in [3.63, 3.8) is 0 Å². The molecule has 1 aromatic heterocycles. The van der Waals surface area contributed by atoms with Crippen LogP contribution in [0.15, 0.2) is 47.4 Å². The molecule has 1 heterocycles. The summed E-state index contributed by atoms with van der Waals surface area (Å²) >= 11 is 0. The van der Waals surface area contributed by atoms with Crippen LogP contribution < -0.4 is 16.6 Å². The third-order valence-corrected chi connectivity index (χ3v) is 7.26. The molecule has 4 atom stereocenters. The van der Waals surface area contributed by atoms with Crippen molar-refractivity contribution in [2.45, 2.75) is 44.1 Å². The Hall–Kier alpha value is -2.51. The second-order valence-corrected chi connectivity index (χ2v) is 10.9. The van der Waals surface area contributed by atoms with Crippen molar-refractivity contribution < 1.29 is 14.3 Å². The second-order valence-electron chi connectivity index (χ2n) is 7.05. The molecule has 1 aliphatic carbocycles. The smallest absolute Gasteiger partial charge is 0.351 e. The fraction of sp³-hybridized carbons (Fsp3) is 0.389. The van der Waals surface area contributed by atoms with Crippen LogP contribution >= 0.6 is 0 Å². The van der Waals surface area contributed by atoms with E-state index in [-0.39, 0.29) is 5.82 Å². The van der Waals surface area contributed by atoms with Gasteiger partial charge in [-0.3, -0.25) is 4.57 Å². The Morgan fingerprint density at radius 2 is 2.00 bits per heavy atom. The number of aliphatic hydroxyl groups is 1. The standard InChI is InChI=1S/C18H22N4O4Si/c1-12(22-10-9-14(20)21-17(22)23)25-15-16(18(15,24)11-19)26-27(2,3)13-7-5-4-6-8-13/h4-10,12,15-16,24H,1-3H3,(H2,20,21,23)/t12-,15-,16+,18+/m1/s1. The molecular weight excluding hydrogens is 364 g/mol. The number of hydrogen-bond acceptors (Lipinski definition) is 7. The Morgan fingerprint density at radius 3 is 2.59 bits per heavy atom. The first-order valence-electron chi connectivity index (χ1n) is 8.56. The number of anilines is 1. The number of nitrogen functional groups attached to an aromatic ring is 1. The van der Waals surface area contributed by atoms with Crippen LogP contribution in [0.1, 0.15) is 13.2 Å². The Morgan fingerprint density at radius 1 is 1.33 bits per heavy atom. The minimum absolute atomic E-state index is 0.111. The van der Waals surface area contributed by atoms with Crippen molar-refractivity contribution in [3.8, 4) is 6.07 Å². The van der Waals surface area contributed by atoms with Crippen LogP contribution in [0.4, 0.5) is 5.82 Å². The van der Waals surface area contributed by atoms with Crippen molar-refractivity contribution in [1.29, 1.82) is 5.26 Å². The van der Waals surface area contributed by atoms with Gasteiger partial charge >= 0.3 is 5.69 Å². The van der Waals surface area contributed by atoms with Crippen molar-refractivity contribution >= 4 is 19.3 Å². The molecular formula is C18H22N4O4Si. The zero-order chi connectivity index (χ0) is 19.8. The number of ether oxygens (including phenoxy) is 1. The molecule has 9 heteroatoms. The van der Waals surface area contributed by atoms with E-state index in [1.807, 2.05) is 49.5 Å². The maximum Gasteiger partial charge on any atom is 0.351 e. The largest absolute Gasteiger partial charge is 0.403 e. The third-order valence-electron chi connectivity index (χ3n) is 4.69. The van der Waals surface area contributed by atoms with Gasteiger partial charge in [-0.2, -0.15) is 10.2 Å². The minimum Gasteiger partial charge on any atom is -0.403 e. The lowest BCUT2D eigenvalue weighted by Gasteiger charge is -2.24. The number of nitrogens with zero attached hydrogens (tertiary/aromatic N) is 3. The van der Waals surface area contributed by atoms with Gasteiger partial charge in [0.05, 0.1) is 0 Å². The zero-order valence-corrected chi connectivity index (χ0v) is 16.4. The summed E-state index contributed by atoms with van der Waals surface area (Å²) in [6.07, 6.45) is -0.936. The van der Waals surface area contributed by atoms with E-state index in [1.54, 1.807) is 6.92 Å². The topological polar surface area (TPSA) is 123 Å². The van der Waals surface area contributed by atoms with Crippen LogP contribution in [0.2, 0.25) is 13.1 Å². The average molecular weight is 386 g/mol. The molecule has 0 unspecified atom stereocenters. The first-order valence-corrected chi connectivity index (χ1v) is 11.5. The molecule has 1 aliphatic rings. The first-order chi connectivity index (χ1) is 12.7. The van der Waals surface area contributed by atoms with Gasteiger partial charge in [0.1, 0.15) is 30.3 Å². The molecule has 0 amide bonds. The van der Waals surface area contributed by atoms with Crippen molar-refractivity contribution in [2.24, 2.45) is 0 Å². The van der Waals surface area contributed by atoms with Gasteiger partial charge in [-0.15, -0.1) is 0 Å². The molecule has 2 aromatic rings. The normalized spacial score (nSPS) is 25.6. The number of nitriles is 1. The van der Waals surface area contributed by atoms with E-state index >= 15 is 0 Å². The lowest BCUT2D eigenvalue weighted by molar-refractivity contribution is -0.0321. The summed E-state index contributed by atoms with van der Waals surface area (Å²) in [6.45, 7) is 5.62. The van der Waals surface area contributed by atoms with E-state index in [0.717, 1.165) is 5.19 Å². The molecule has 1 saturated carbocycles. The lowest BCUT2D eigenvalue weighted by Crippen LogP contribution is -2.46. The summed E-state index contributed by atoms with van der Waals surface area (Å²) in [5.41, 5.74) is 3.17. The van der Waals surface area contributed by atoms with E-state index in [0.29, 0.717) is 0 Å². The summed E-state index contributed by atoms with van der Waals surface area (Å²) in [5, 5.41) is 21.0. The molecule has 3 N–H and O–H groups in total. The molecule has 3 rings (SSSR count). The van der Waals surface area contributed by atoms with E-state index in [9.17, 15) is 15.2 Å². The zero-order valence-electron chi connectivity index (χ0n) is 15.4. The van der Waals surface area contributed by atoms with Crippen LogP contribution in [0.5, 0.6) is 0 Å². The highest BCUT2D eigenvalue weighted by atomic mass is 28.4. The number of aromatic nitrogens is 2. The van der Waals surface area contributed by atoms with Crippen LogP contribution in [-0.2, 0) is 9.16 Å². The van der Waals surface area contributed by atoms with Crippen LogP contribution in [0.3, 0.4) is 0 Å². The molecule has 0 aliphatic heterocycles. The van der Waals surface area contributed by atoms with Crippen molar-refractivity contribution in [3.05, 3.63) is 53.1 Å². The van der Waals surface area contributed by atoms with Gasteiger partial charge in [0.15, 0.2) is 0 Å². The Labute approximate surface area is 157 Å². The summed E-state index contributed by atoms with van der Waals surface area (Å²) in [5.74, 6) is 0.111. The highest BCUT2D eigenvalue weighted by Gasteiger charge is 2.70. The fourth-order valence-electron chi connectivity index (χ4n) is 2.97. The molecule has 0 saturated heterocycles. The predicted molar refractivity (Wildman–Crippen MR) is 101 cm³/mol. The Balaban J connectivity index is 1.76. The van der Waals surface area contributed by atoms with E-state index in [2.05, 4.69) is 4.98 Å². The highest BCUT2D eigenvalue weighted by molar-refractivity contribution is 6.84. The van der Waals surface area contributed by atoms with Crippen LogP contribution in [0.25, 0.3) is 0 Å². The van der Waals surface area contributed by atoms with Gasteiger partial charge in [0.25, 0.3) is 0 Å². The molecule has 1 fully saturated rings. The maximum atomic E-state index is 11.9. The number of nitrogens with two attached hydrogens (primary N) is 1. The number of benzene rings is 1. The van der Waals surface area contributed by atoms with Gasteiger partial charge in [-0.25, -0.2) is 4.79 Å². The summed E-state index contributed by atoms with van der Waals surface area (Å²) in [6, 6.07) is 13.1. The Bertz CT molecular complexity index is 927. The lowest BCUT2D eigenvalue weighted by atomic mass is 10.4. The first kappa shape index (κ1) is 19.3. The molecule has 27 heavy (non-hydrogen) atoms. The predicted octanol–water partition coefficient (Wildman–Crippen LogP) is 0.495. The molecule has 142 valence electrons. The minimum atomic E-state index is -2.36. The van der Waals surface area contributed by atoms with Crippen molar-refractivity contribution in [1.82, 2.24) is 9.55 Å². The number of rotatable bonds is 6. The van der Waals surface area contributed by atoms with Gasteiger partial charge in [-0.1, -0.05) is 30.3 Å². The monoisotopic (exact) mass is 386 g/mol. The summed E-state index contributed by atoms with van der Waals surface area (Å²) in [7, 11) is -2.36. The second kappa shape index (κ2) is 6.90. The fourth-order valence-corrected chi connectivity index (χ4v) is 5.04. The molecule has 0 spiro atoms. The number of hydrogen-bond donors (Lipinski definition) is 2. The molecule has 1 aromatic carbocycles. The average Bonchev–Trinajstić information content (AvgIpc) is 3.17. The van der Waals surface area contributed by atoms with E-state index in [1.165, 1.54) is 16.8 Å². The molecule has 0 bridgehead atoms. The van der Waals surface area contributed by atoms with Crippen LogP contribution in [0, 0.1) is 11.3 Å².